The molecular formula is C10H22N2S. The molecule has 0 amide bonds. The van der Waals surface area contributed by atoms with Crippen molar-refractivity contribution in [3.05, 3.63) is 0 Å². The van der Waals surface area contributed by atoms with Crippen molar-refractivity contribution in [2.24, 2.45) is 0 Å². The molecule has 1 atom stereocenters. The van der Waals surface area contributed by atoms with Crippen molar-refractivity contribution in [1.29, 1.82) is 0 Å². The fourth-order valence-electron chi connectivity index (χ4n) is 1.73. The van der Waals surface area contributed by atoms with Gasteiger partial charge in [-0.3, -0.25) is 0 Å². The van der Waals surface area contributed by atoms with Gasteiger partial charge in [0, 0.05) is 17.8 Å². The van der Waals surface area contributed by atoms with E-state index in [0.717, 1.165) is 6.04 Å². The predicted octanol–water partition coefficient (Wildman–Crippen LogP) is 1.47. The zero-order chi connectivity index (χ0) is 9.52. The van der Waals surface area contributed by atoms with Crippen LogP contribution in [0.3, 0.4) is 0 Å². The minimum absolute atomic E-state index is 0.674. The first-order chi connectivity index (χ1) is 6.33. The largest absolute Gasteiger partial charge is 0.317 e. The maximum atomic E-state index is 3.69. The lowest BCUT2D eigenvalue weighted by atomic mass is 10.1. The zero-order valence-corrected chi connectivity index (χ0v) is 9.62. The summed E-state index contributed by atoms with van der Waals surface area (Å²) in [4.78, 5) is 0. The van der Waals surface area contributed by atoms with Crippen LogP contribution in [0.15, 0.2) is 0 Å². The van der Waals surface area contributed by atoms with Gasteiger partial charge in [0.05, 0.1) is 0 Å². The van der Waals surface area contributed by atoms with Gasteiger partial charge in [0.25, 0.3) is 0 Å². The van der Waals surface area contributed by atoms with Crippen LogP contribution >= 0.6 is 11.8 Å². The molecule has 0 bridgehead atoms. The molecule has 78 valence electrons. The molecule has 0 aromatic carbocycles. The summed E-state index contributed by atoms with van der Waals surface area (Å²) in [5.41, 5.74) is 0. The van der Waals surface area contributed by atoms with Crippen LogP contribution in [0.25, 0.3) is 0 Å². The van der Waals surface area contributed by atoms with Crippen molar-refractivity contribution in [2.45, 2.75) is 38.8 Å². The fraction of sp³-hybridized carbons (Fsp3) is 1.00. The lowest BCUT2D eigenvalue weighted by Gasteiger charge is -2.27. The van der Waals surface area contributed by atoms with Gasteiger partial charge in [0.15, 0.2) is 0 Å². The van der Waals surface area contributed by atoms with Gasteiger partial charge in [-0.15, -0.1) is 0 Å². The van der Waals surface area contributed by atoms with Crippen molar-refractivity contribution in [3.8, 4) is 0 Å². The second kappa shape index (κ2) is 6.68. The van der Waals surface area contributed by atoms with Crippen molar-refractivity contribution in [2.75, 3.05) is 24.6 Å². The molecule has 13 heavy (non-hydrogen) atoms. The van der Waals surface area contributed by atoms with Crippen LogP contribution in [0.4, 0.5) is 0 Å². The van der Waals surface area contributed by atoms with Crippen LogP contribution in [0.5, 0.6) is 0 Å². The number of hydrogen-bond acceptors (Lipinski definition) is 3. The van der Waals surface area contributed by atoms with Crippen molar-refractivity contribution in [3.63, 3.8) is 0 Å². The summed E-state index contributed by atoms with van der Waals surface area (Å²) >= 11 is 2.03. The molecule has 1 saturated heterocycles. The lowest BCUT2D eigenvalue weighted by molar-refractivity contribution is 0.366. The Labute approximate surface area is 86.2 Å². The Morgan fingerprint density at radius 1 is 1.46 bits per heavy atom. The van der Waals surface area contributed by atoms with Gasteiger partial charge < -0.3 is 10.6 Å². The molecule has 3 heteroatoms. The van der Waals surface area contributed by atoms with Crippen molar-refractivity contribution in [1.82, 2.24) is 10.6 Å². The van der Waals surface area contributed by atoms with Crippen LogP contribution in [0, 0.1) is 0 Å². The normalized spacial score (nSPS) is 21.7. The molecule has 1 unspecified atom stereocenters. The van der Waals surface area contributed by atoms with Crippen LogP contribution < -0.4 is 10.6 Å². The maximum absolute atomic E-state index is 3.69. The van der Waals surface area contributed by atoms with Crippen LogP contribution in [0.1, 0.15) is 26.7 Å². The van der Waals surface area contributed by atoms with E-state index in [4.69, 9.17) is 0 Å². The van der Waals surface area contributed by atoms with E-state index >= 15 is 0 Å². The van der Waals surface area contributed by atoms with E-state index in [2.05, 4.69) is 24.5 Å². The topological polar surface area (TPSA) is 24.1 Å². The summed E-state index contributed by atoms with van der Waals surface area (Å²) < 4.78 is 0. The van der Waals surface area contributed by atoms with E-state index in [-0.39, 0.29) is 0 Å². The van der Waals surface area contributed by atoms with Crippen LogP contribution in [0.2, 0.25) is 0 Å². The molecule has 1 fully saturated rings. The standard InChI is InChI=1S/C10H22N2S/c1-3-13-8-9(2)12-10-4-6-11-7-5-10/h9-12H,3-8H2,1-2H3. The molecule has 1 aliphatic rings. The fourth-order valence-corrected chi connectivity index (χ4v) is 2.42. The second-order valence-electron chi connectivity index (χ2n) is 3.75. The highest BCUT2D eigenvalue weighted by Gasteiger charge is 2.14. The minimum atomic E-state index is 0.674. The third-order valence-electron chi connectivity index (χ3n) is 2.43. The molecule has 0 radical (unpaired) electrons. The monoisotopic (exact) mass is 202 g/mol. The van der Waals surface area contributed by atoms with Gasteiger partial charge in [-0.2, -0.15) is 11.8 Å². The zero-order valence-electron chi connectivity index (χ0n) is 8.81. The number of piperidine rings is 1. The Morgan fingerprint density at radius 2 is 2.15 bits per heavy atom. The molecule has 0 aromatic rings. The highest BCUT2D eigenvalue weighted by atomic mass is 32.2. The molecule has 1 aliphatic heterocycles. The highest BCUT2D eigenvalue weighted by Crippen LogP contribution is 2.06. The Balaban J connectivity index is 2.07. The van der Waals surface area contributed by atoms with E-state index in [1.54, 1.807) is 0 Å². The average molecular weight is 202 g/mol. The summed E-state index contributed by atoms with van der Waals surface area (Å²) in [6.45, 7) is 6.89. The third-order valence-corrected chi connectivity index (χ3v) is 3.58. The van der Waals surface area contributed by atoms with E-state index in [1.807, 2.05) is 11.8 Å². The first kappa shape index (κ1) is 11.3. The maximum Gasteiger partial charge on any atom is 0.0132 e. The summed E-state index contributed by atoms with van der Waals surface area (Å²) in [6, 6.07) is 1.43. The van der Waals surface area contributed by atoms with E-state index < -0.39 is 0 Å². The summed E-state index contributed by atoms with van der Waals surface area (Å²) in [6.07, 6.45) is 2.59. The number of hydrogen-bond donors (Lipinski definition) is 2. The molecule has 1 heterocycles. The molecule has 0 spiro atoms. The molecular weight excluding hydrogens is 180 g/mol. The van der Waals surface area contributed by atoms with Crippen LogP contribution in [-0.2, 0) is 0 Å². The Kier molecular flexibility index (Phi) is 5.83. The van der Waals surface area contributed by atoms with Crippen LogP contribution in [-0.4, -0.2) is 36.7 Å². The third kappa shape index (κ3) is 4.89. The highest BCUT2D eigenvalue weighted by molar-refractivity contribution is 7.99. The van der Waals surface area contributed by atoms with E-state index in [1.165, 1.54) is 37.4 Å². The first-order valence-electron chi connectivity index (χ1n) is 5.37. The van der Waals surface area contributed by atoms with Gasteiger partial charge in [-0.05, 0) is 38.6 Å². The van der Waals surface area contributed by atoms with Gasteiger partial charge in [0.1, 0.15) is 0 Å². The lowest BCUT2D eigenvalue weighted by Crippen LogP contribution is -2.44. The van der Waals surface area contributed by atoms with E-state index in [0.29, 0.717) is 6.04 Å². The quantitative estimate of drug-likeness (QED) is 0.706. The van der Waals surface area contributed by atoms with Crippen molar-refractivity contribution >= 4 is 11.8 Å². The van der Waals surface area contributed by atoms with Gasteiger partial charge in [0.2, 0.25) is 0 Å². The first-order valence-corrected chi connectivity index (χ1v) is 6.53. The second-order valence-corrected chi connectivity index (χ2v) is 5.07. The van der Waals surface area contributed by atoms with Crippen molar-refractivity contribution < 1.29 is 0 Å². The van der Waals surface area contributed by atoms with Gasteiger partial charge in [-0.1, -0.05) is 6.92 Å². The SMILES string of the molecule is CCSCC(C)NC1CCNCC1. The number of nitrogens with one attached hydrogen (secondary N) is 2. The average Bonchev–Trinajstić information content (AvgIpc) is 2.16. The number of rotatable bonds is 5. The summed E-state index contributed by atoms with van der Waals surface area (Å²) in [7, 11) is 0. The Bertz CT molecular complexity index is 124. The summed E-state index contributed by atoms with van der Waals surface area (Å²) in [5.74, 6) is 2.48. The summed E-state index contributed by atoms with van der Waals surface area (Å²) in [5, 5.41) is 7.08. The molecule has 0 aliphatic carbocycles. The number of thioether (sulfide) groups is 1. The predicted molar refractivity (Wildman–Crippen MR) is 61.5 cm³/mol. The molecule has 2 N–H and O–H groups in total. The molecule has 0 aromatic heterocycles. The Hall–Kier alpha value is 0.270. The molecule has 2 nitrogen and oxygen atoms in total. The molecule has 0 saturated carbocycles. The minimum Gasteiger partial charge on any atom is -0.317 e. The van der Waals surface area contributed by atoms with E-state index in [9.17, 15) is 0 Å². The molecule has 1 rings (SSSR count). The Morgan fingerprint density at radius 3 is 2.77 bits per heavy atom. The smallest absolute Gasteiger partial charge is 0.0132 e. The van der Waals surface area contributed by atoms with Gasteiger partial charge >= 0.3 is 0 Å². The van der Waals surface area contributed by atoms with Gasteiger partial charge in [-0.25, -0.2) is 0 Å².